The summed E-state index contributed by atoms with van der Waals surface area (Å²) in [7, 11) is 1.61. The Balaban J connectivity index is 1.79. The molecule has 0 fully saturated rings. The fraction of sp³-hybridized carbons (Fsp3) is 0.259. The van der Waals surface area contributed by atoms with Crippen molar-refractivity contribution < 1.29 is 9.59 Å². The van der Waals surface area contributed by atoms with Gasteiger partial charge in [-0.2, -0.15) is 0 Å². The summed E-state index contributed by atoms with van der Waals surface area (Å²) < 4.78 is 0. The molecule has 0 aliphatic rings. The van der Waals surface area contributed by atoms with Crippen molar-refractivity contribution in [1.82, 2.24) is 10.2 Å². The lowest BCUT2D eigenvalue weighted by molar-refractivity contribution is -0.139. The van der Waals surface area contributed by atoms with Gasteiger partial charge in [0.15, 0.2) is 0 Å². The Bertz CT molecular complexity index is 1040. The highest BCUT2D eigenvalue weighted by Crippen LogP contribution is 2.19. The SMILES string of the molecule is CNC(=O)C(Cc1ccccc1)N(Cc1ccc(Cl)cc1)C(=O)CSCc1ccc(C)cc1. The molecule has 3 aromatic carbocycles. The summed E-state index contributed by atoms with van der Waals surface area (Å²) in [5.41, 5.74) is 4.32. The molecule has 1 unspecified atom stereocenters. The van der Waals surface area contributed by atoms with Crippen LogP contribution in [0.15, 0.2) is 78.9 Å². The first kappa shape index (κ1) is 24.9. The second-order valence-electron chi connectivity index (χ2n) is 7.95. The quantitative estimate of drug-likeness (QED) is 0.430. The highest BCUT2D eigenvalue weighted by molar-refractivity contribution is 7.99. The van der Waals surface area contributed by atoms with E-state index in [0.717, 1.165) is 16.9 Å². The Morgan fingerprint density at radius 1 is 0.909 bits per heavy atom. The summed E-state index contributed by atoms with van der Waals surface area (Å²) >= 11 is 7.60. The van der Waals surface area contributed by atoms with Crippen molar-refractivity contribution in [1.29, 1.82) is 0 Å². The summed E-state index contributed by atoms with van der Waals surface area (Å²) in [4.78, 5) is 28.0. The lowest BCUT2D eigenvalue weighted by atomic mass is 10.0. The normalized spacial score (nSPS) is 11.6. The zero-order valence-corrected chi connectivity index (χ0v) is 20.5. The van der Waals surface area contributed by atoms with E-state index in [-0.39, 0.29) is 11.8 Å². The van der Waals surface area contributed by atoms with Crippen LogP contribution >= 0.6 is 23.4 Å². The number of carbonyl (C=O) groups is 2. The maximum Gasteiger partial charge on any atom is 0.242 e. The zero-order valence-electron chi connectivity index (χ0n) is 19.0. The fourth-order valence-corrected chi connectivity index (χ4v) is 4.53. The van der Waals surface area contributed by atoms with Crippen molar-refractivity contribution in [2.45, 2.75) is 31.7 Å². The highest BCUT2D eigenvalue weighted by atomic mass is 35.5. The fourth-order valence-electron chi connectivity index (χ4n) is 3.53. The number of benzene rings is 3. The van der Waals surface area contributed by atoms with Crippen LogP contribution in [0.1, 0.15) is 22.3 Å². The van der Waals surface area contributed by atoms with Crippen LogP contribution in [0.2, 0.25) is 5.02 Å². The molecule has 0 heterocycles. The maximum atomic E-state index is 13.4. The van der Waals surface area contributed by atoms with Gasteiger partial charge in [0.05, 0.1) is 5.75 Å². The van der Waals surface area contributed by atoms with Gasteiger partial charge in [0.1, 0.15) is 6.04 Å². The molecule has 0 aliphatic heterocycles. The standard InChI is InChI=1S/C27H29ClN2O2S/c1-20-8-10-23(11-9-20)18-33-19-26(31)30(17-22-12-14-24(28)15-13-22)25(27(32)29-2)16-21-6-4-3-5-7-21/h3-15,25H,16-19H2,1-2H3,(H,29,32). The topological polar surface area (TPSA) is 49.4 Å². The number of nitrogens with zero attached hydrogens (tertiary/aromatic N) is 1. The van der Waals surface area contributed by atoms with Gasteiger partial charge in [-0.1, -0.05) is 83.9 Å². The van der Waals surface area contributed by atoms with E-state index in [1.165, 1.54) is 11.1 Å². The monoisotopic (exact) mass is 480 g/mol. The highest BCUT2D eigenvalue weighted by Gasteiger charge is 2.29. The van der Waals surface area contributed by atoms with Crippen LogP contribution in [-0.2, 0) is 28.3 Å². The number of carbonyl (C=O) groups excluding carboxylic acids is 2. The van der Waals surface area contributed by atoms with Gasteiger partial charge in [-0.3, -0.25) is 9.59 Å². The number of hydrogen-bond donors (Lipinski definition) is 1. The van der Waals surface area contributed by atoms with Crippen LogP contribution < -0.4 is 5.32 Å². The van der Waals surface area contributed by atoms with Crippen LogP contribution in [0, 0.1) is 6.92 Å². The Morgan fingerprint density at radius 2 is 1.55 bits per heavy atom. The van der Waals surface area contributed by atoms with Crippen LogP contribution in [0.5, 0.6) is 0 Å². The predicted molar refractivity (Wildman–Crippen MR) is 137 cm³/mol. The first-order chi connectivity index (χ1) is 16.0. The summed E-state index contributed by atoms with van der Waals surface area (Å²) in [5, 5.41) is 3.38. The molecule has 3 rings (SSSR count). The van der Waals surface area contributed by atoms with Crippen LogP contribution in [0.4, 0.5) is 0 Å². The van der Waals surface area contributed by atoms with Crippen LogP contribution in [0.3, 0.4) is 0 Å². The molecule has 172 valence electrons. The lowest BCUT2D eigenvalue weighted by Gasteiger charge is -2.31. The molecule has 1 atom stereocenters. The molecular weight excluding hydrogens is 452 g/mol. The summed E-state index contributed by atoms with van der Waals surface area (Å²) in [6.07, 6.45) is 0.447. The van der Waals surface area contributed by atoms with Gasteiger partial charge >= 0.3 is 0 Å². The third kappa shape index (κ3) is 7.65. The van der Waals surface area contributed by atoms with E-state index in [0.29, 0.717) is 23.7 Å². The largest absolute Gasteiger partial charge is 0.357 e. The molecule has 3 aromatic rings. The third-order valence-corrected chi connectivity index (χ3v) is 6.64. The molecule has 4 nitrogen and oxygen atoms in total. The van der Waals surface area contributed by atoms with E-state index in [1.54, 1.807) is 35.8 Å². The molecule has 0 aromatic heterocycles. The molecule has 2 amide bonds. The van der Waals surface area contributed by atoms with E-state index in [4.69, 9.17) is 11.6 Å². The number of thioether (sulfide) groups is 1. The predicted octanol–water partition coefficient (Wildman–Crippen LogP) is 5.27. The molecule has 0 aliphatic carbocycles. The first-order valence-corrected chi connectivity index (χ1v) is 12.4. The van der Waals surface area contributed by atoms with Gasteiger partial charge in [-0.05, 0) is 35.7 Å². The summed E-state index contributed by atoms with van der Waals surface area (Å²) in [6, 6.07) is 24.9. The number of aryl methyl sites for hydroxylation is 1. The Hall–Kier alpha value is -2.76. The van der Waals surface area contributed by atoms with Crippen LogP contribution in [0.25, 0.3) is 0 Å². The van der Waals surface area contributed by atoms with Crippen molar-refractivity contribution in [2.24, 2.45) is 0 Å². The van der Waals surface area contributed by atoms with Gasteiger partial charge in [0, 0.05) is 30.8 Å². The second kappa shape index (κ2) is 12.5. The van der Waals surface area contributed by atoms with Crippen molar-refractivity contribution in [3.8, 4) is 0 Å². The molecule has 0 saturated carbocycles. The van der Waals surface area contributed by atoms with E-state index >= 15 is 0 Å². The average molecular weight is 481 g/mol. The van der Waals surface area contributed by atoms with Crippen molar-refractivity contribution in [3.05, 3.63) is 106 Å². The molecule has 6 heteroatoms. The van der Waals surface area contributed by atoms with E-state index in [1.807, 2.05) is 42.5 Å². The van der Waals surface area contributed by atoms with Crippen molar-refractivity contribution in [2.75, 3.05) is 12.8 Å². The minimum atomic E-state index is -0.611. The molecule has 1 N–H and O–H groups in total. The zero-order chi connectivity index (χ0) is 23.6. The summed E-state index contributed by atoms with van der Waals surface area (Å²) in [6.45, 7) is 2.40. The molecule has 33 heavy (non-hydrogen) atoms. The molecule has 0 radical (unpaired) electrons. The van der Waals surface area contributed by atoms with Gasteiger partial charge in [0.25, 0.3) is 0 Å². The number of amides is 2. The van der Waals surface area contributed by atoms with Crippen LogP contribution in [-0.4, -0.2) is 35.6 Å². The average Bonchev–Trinajstić information content (AvgIpc) is 2.83. The smallest absolute Gasteiger partial charge is 0.242 e. The second-order valence-corrected chi connectivity index (χ2v) is 9.37. The van der Waals surface area contributed by atoms with Gasteiger partial charge in [0.2, 0.25) is 11.8 Å². The molecule has 0 saturated heterocycles. The van der Waals surface area contributed by atoms with Crippen molar-refractivity contribution in [3.63, 3.8) is 0 Å². The third-order valence-electron chi connectivity index (χ3n) is 5.40. The van der Waals surface area contributed by atoms with Gasteiger partial charge < -0.3 is 10.2 Å². The first-order valence-electron chi connectivity index (χ1n) is 10.9. The number of rotatable bonds is 10. The minimum absolute atomic E-state index is 0.0633. The number of hydrogen-bond acceptors (Lipinski definition) is 3. The molecule has 0 spiro atoms. The molecular formula is C27H29ClN2O2S. The Kier molecular flexibility index (Phi) is 9.40. The number of nitrogens with one attached hydrogen (secondary N) is 1. The number of likely N-dealkylation sites (N-methyl/N-ethyl adjacent to an activating group) is 1. The maximum absolute atomic E-state index is 13.4. The van der Waals surface area contributed by atoms with E-state index in [9.17, 15) is 9.59 Å². The van der Waals surface area contributed by atoms with Gasteiger partial charge in [-0.25, -0.2) is 0 Å². The number of halogens is 1. The van der Waals surface area contributed by atoms with Gasteiger partial charge in [-0.15, -0.1) is 11.8 Å². The summed E-state index contributed by atoms with van der Waals surface area (Å²) in [5.74, 6) is 0.796. The Morgan fingerprint density at radius 3 is 2.18 bits per heavy atom. The lowest BCUT2D eigenvalue weighted by Crippen LogP contribution is -2.50. The van der Waals surface area contributed by atoms with E-state index < -0.39 is 6.04 Å². The van der Waals surface area contributed by atoms with E-state index in [2.05, 4.69) is 36.5 Å². The minimum Gasteiger partial charge on any atom is -0.357 e. The van der Waals surface area contributed by atoms with Crippen molar-refractivity contribution >= 4 is 35.2 Å². The Labute approximate surface area is 205 Å². The molecule has 0 bridgehead atoms.